The molecule has 1 fully saturated rings. The summed E-state index contributed by atoms with van der Waals surface area (Å²) < 4.78 is 0. The van der Waals surface area contributed by atoms with Crippen molar-refractivity contribution in [2.45, 2.75) is 53.5 Å². The Morgan fingerprint density at radius 1 is 1.19 bits per heavy atom. The Kier molecular flexibility index (Phi) is 9.30. The zero-order chi connectivity index (χ0) is 20.1. The standard InChI is InChI=1S/C18H32N2O5S.Fm/c1-10(2)8-12(13(16(22)20-25)11-6-7-26-9-11)15(21)19-14(17(23)24)18(3,4)5;/h10-14,25H,6-9H2,1-5H3,(H,19,21)(H,20,22)(H,23,24);. The van der Waals surface area contributed by atoms with Crippen molar-refractivity contribution in [2.75, 3.05) is 11.5 Å². The molecule has 1 rings (SSSR count). The van der Waals surface area contributed by atoms with Crippen molar-refractivity contribution >= 4 is 29.5 Å². The van der Waals surface area contributed by atoms with Crippen molar-refractivity contribution < 1.29 is 24.7 Å². The van der Waals surface area contributed by atoms with Gasteiger partial charge >= 0.3 is 5.97 Å². The molecule has 0 aromatic carbocycles. The smallest absolute Gasteiger partial charge is 0.326 e. The number of aliphatic carboxylic acids is 1. The van der Waals surface area contributed by atoms with Gasteiger partial charge in [0.1, 0.15) is 6.04 Å². The first-order chi connectivity index (χ1) is 12.0. The molecule has 2 amide bonds. The van der Waals surface area contributed by atoms with E-state index in [2.05, 4.69) is 5.32 Å². The van der Waals surface area contributed by atoms with E-state index in [4.69, 9.17) is 0 Å². The zero-order valence-corrected chi connectivity index (χ0v) is 19.8. The van der Waals surface area contributed by atoms with E-state index in [0.717, 1.165) is 17.9 Å². The maximum Gasteiger partial charge on any atom is 0.326 e. The van der Waals surface area contributed by atoms with Gasteiger partial charge in [0.05, 0.1) is 11.8 Å². The number of hydrogen-bond acceptors (Lipinski definition) is 5. The van der Waals surface area contributed by atoms with Crippen LogP contribution in [-0.2, 0) is 14.4 Å². The SMILES string of the molecule is CC(C)CC(C(=O)NC(C(=O)O)C(C)(C)C)C(C(=O)NO)C1CCSC1.[Fm]. The van der Waals surface area contributed by atoms with Crippen LogP contribution in [0.2, 0.25) is 0 Å². The summed E-state index contributed by atoms with van der Waals surface area (Å²) in [6.45, 7) is 9.14. The van der Waals surface area contributed by atoms with Gasteiger partial charge in [-0.1, -0.05) is 34.6 Å². The van der Waals surface area contributed by atoms with Crippen molar-refractivity contribution in [3.05, 3.63) is 0 Å². The number of hydrogen-bond donors (Lipinski definition) is 4. The second kappa shape index (κ2) is 10.2. The molecule has 0 bridgehead atoms. The largest absolute Gasteiger partial charge is 0.480 e. The molecule has 0 spiro atoms. The van der Waals surface area contributed by atoms with Gasteiger partial charge in [-0.15, -0.1) is 0 Å². The molecule has 1 saturated heterocycles. The number of hydroxylamine groups is 1. The molecule has 0 aliphatic carbocycles. The Labute approximate surface area is 159 Å². The van der Waals surface area contributed by atoms with Crippen LogP contribution in [0, 0.1) is 29.1 Å². The van der Waals surface area contributed by atoms with Crippen LogP contribution in [-0.4, -0.2) is 45.6 Å². The van der Waals surface area contributed by atoms with Crippen molar-refractivity contribution in [1.29, 1.82) is 0 Å². The van der Waals surface area contributed by atoms with Crippen molar-refractivity contribution in [3.8, 4) is 0 Å². The van der Waals surface area contributed by atoms with Crippen molar-refractivity contribution in [1.82, 2.24) is 10.8 Å². The molecular weight excluding hydrogens is 613 g/mol. The topological polar surface area (TPSA) is 116 Å². The number of thioether (sulfide) groups is 1. The number of carboxylic acid groups (broad SMARTS) is 1. The summed E-state index contributed by atoms with van der Waals surface area (Å²) in [5.74, 6) is -1.67. The fourth-order valence-electron chi connectivity index (χ4n) is 3.46. The molecule has 0 radical (unpaired) electrons. The van der Waals surface area contributed by atoms with E-state index in [9.17, 15) is 24.7 Å². The second-order valence-electron chi connectivity index (χ2n) is 8.51. The summed E-state index contributed by atoms with van der Waals surface area (Å²) in [4.78, 5) is 37.0. The van der Waals surface area contributed by atoms with Crippen LogP contribution >= 0.6 is 11.8 Å². The van der Waals surface area contributed by atoms with E-state index in [1.54, 1.807) is 38.0 Å². The Morgan fingerprint density at radius 3 is 2.15 bits per heavy atom. The monoisotopic (exact) mass is 645 g/mol. The first-order valence-corrected chi connectivity index (χ1v) is 10.2. The molecule has 0 aromatic rings. The van der Waals surface area contributed by atoms with Gasteiger partial charge in [0.2, 0.25) is 11.8 Å². The number of amides is 2. The van der Waals surface area contributed by atoms with Crippen molar-refractivity contribution in [2.24, 2.45) is 29.1 Å². The molecule has 1 aliphatic rings. The van der Waals surface area contributed by atoms with Gasteiger partial charge < -0.3 is 10.4 Å². The molecule has 4 atom stereocenters. The first kappa shape index (κ1) is 24.7. The predicted molar refractivity (Wildman–Crippen MR) is 101 cm³/mol. The molecular formula is C18H32FmN2O5S. The van der Waals surface area contributed by atoms with Gasteiger partial charge in [-0.3, -0.25) is 14.8 Å². The van der Waals surface area contributed by atoms with Crippen LogP contribution in [0.4, 0.5) is 0 Å². The molecule has 0 aromatic heterocycles. The number of carboxylic acids is 1. The summed E-state index contributed by atoms with van der Waals surface area (Å²) in [5, 5.41) is 21.3. The Hall–Kier alpha value is -2.28. The van der Waals surface area contributed by atoms with Crippen LogP contribution in [0.15, 0.2) is 0 Å². The molecule has 162 valence electrons. The summed E-state index contributed by atoms with van der Waals surface area (Å²) in [7, 11) is 0. The molecule has 27 heavy (non-hydrogen) atoms. The predicted octanol–water partition coefficient (Wildman–Crippen LogP) is 2.14. The number of carbonyl (C=O) groups excluding carboxylic acids is 2. The minimum Gasteiger partial charge on any atom is -0.480 e. The molecule has 4 unspecified atom stereocenters. The van der Waals surface area contributed by atoms with Gasteiger partial charge in [0.25, 0.3) is 0 Å². The van der Waals surface area contributed by atoms with Gasteiger partial charge in [0.15, 0.2) is 0 Å². The summed E-state index contributed by atoms with van der Waals surface area (Å²) >= 11 is 1.72. The Morgan fingerprint density at radius 2 is 1.78 bits per heavy atom. The fourth-order valence-corrected chi connectivity index (χ4v) is 4.77. The molecule has 9 heteroatoms. The van der Waals surface area contributed by atoms with E-state index < -0.39 is 41.1 Å². The van der Waals surface area contributed by atoms with Gasteiger partial charge in [-0.05, 0) is 41.6 Å². The maximum atomic E-state index is 13.0. The van der Waals surface area contributed by atoms with Crippen LogP contribution in [0.5, 0.6) is 0 Å². The minimum absolute atomic E-state index is 0. The zero-order valence-electron chi connectivity index (χ0n) is 16.5. The molecule has 0 saturated carbocycles. The second-order valence-corrected chi connectivity index (χ2v) is 9.66. The Bertz CT molecular complexity index is 518. The number of rotatable bonds is 8. The van der Waals surface area contributed by atoms with E-state index >= 15 is 0 Å². The summed E-state index contributed by atoms with van der Waals surface area (Å²) in [6, 6.07) is -1.06. The average Bonchev–Trinajstić information content (AvgIpc) is 3.03. The number of carbonyl (C=O) groups is 3. The van der Waals surface area contributed by atoms with E-state index in [0.29, 0.717) is 6.42 Å². The third-order valence-corrected chi connectivity index (χ3v) is 5.97. The van der Waals surface area contributed by atoms with E-state index in [1.807, 2.05) is 13.8 Å². The maximum absolute atomic E-state index is 13.0. The van der Waals surface area contributed by atoms with Crippen LogP contribution in [0.25, 0.3) is 0 Å². The first-order valence-electron chi connectivity index (χ1n) is 9.03. The quantitative estimate of drug-likeness (QED) is 0.238. The average molecular weight is 646 g/mol. The molecule has 1 heterocycles. The third-order valence-electron chi connectivity index (χ3n) is 4.78. The van der Waals surface area contributed by atoms with Crippen LogP contribution in [0.1, 0.15) is 47.5 Å². The summed E-state index contributed by atoms with van der Waals surface area (Å²) in [6.07, 6.45) is 1.24. The van der Waals surface area contributed by atoms with E-state index in [-0.39, 0.29) is 11.8 Å². The molecule has 1 aliphatic heterocycles. The van der Waals surface area contributed by atoms with Crippen LogP contribution in [0.3, 0.4) is 0 Å². The normalized spacial score (nSPS) is 20.3. The minimum atomic E-state index is -1.10. The summed E-state index contributed by atoms with van der Waals surface area (Å²) in [5.41, 5.74) is 1.05. The van der Waals surface area contributed by atoms with Crippen molar-refractivity contribution in [3.63, 3.8) is 0 Å². The third kappa shape index (κ3) is 6.75. The van der Waals surface area contributed by atoms with E-state index in [1.165, 1.54) is 0 Å². The fraction of sp³-hybridized carbons (Fsp3) is 0.833. The van der Waals surface area contributed by atoms with Crippen LogP contribution < -0.4 is 10.8 Å². The molecule has 4 N–H and O–H groups in total. The number of nitrogens with one attached hydrogen (secondary N) is 2. The van der Waals surface area contributed by atoms with Gasteiger partial charge in [0, 0.05) is 0 Å². The van der Waals surface area contributed by atoms with Gasteiger partial charge in [-0.2, -0.15) is 11.8 Å². The van der Waals surface area contributed by atoms with Gasteiger partial charge in [-0.25, -0.2) is 10.3 Å². The Balaban J connectivity index is 0.00000676. The molecule has 7 nitrogen and oxygen atoms in total.